The Morgan fingerprint density at radius 1 is 1.39 bits per heavy atom. The number of pyridine rings is 1. The maximum atomic E-state index is 12.1. The molecule has 120 valence electrons. The van der Waals surface area contributed by atoms with Crippen molar-refractivity contribution in [3.63, 3.8) is 0 Å². The van der Waals surface area contributed by atoms with Gasteiger partial charge in [0.25, 0.3) is 17.2 Å². The average molecular weight is 317 g/mol. The first-order valence-electron chi connectivity index (χ1n) is 6.76. The van der Waals surface area contributed by atoms with Crippen LogP contribution in [0.1, 0.15) is 15.9 Å². The minimum atomic E-state index is -1.01. The smallest absolute Gasteiger partial charge is 0.286 e. The predicted octanol–water partition coefficient (Wildman–Crippen LogP) is 1.24. The standard InChI is InChI=1S/C15H15N3O5/c1-10-3-2-4-12(7-10)23-6-5-17-9-11(18(21)22)8-13(14(16)19)15(17)20/h2-4,7-9H,5-6H2,1H3,(H2,16,19). The van der Waals surface area contributed by atoms with E-state index in [0.29, 0.717) is 5.75 Å². The van der Waals surface area contributed by atoms with Gasteiger partial charge < -0.3 is 15.0 Å². The van der Waals surface area contributed by atoms with Crippen molar-refractivity contribution in [2.24, 2.45) is 5.73 Å². The summed E-state index contributed by atoms with van der Waals surface area (Å²) in [5.74, 6) is -0.384. The molecule has 0 saturated heterocycles. The van der Waals surface area contributed by atoms with Crippen LogP contribution in [0.4, 0.5) is 5.69 Å². The van der Waals surface area contributed by atoms with E-state index >= 15 is 0 Å². The summed E-state index contributed by atoms with van der Waals surface area (Å²) in [5.41, 5.74) is 4.62. The predicted molar refractivity (Wildman–Crippen MR) is 82.5 cm³/mol. The average Bonchev–Trinajstić information content (AvgIpc) is 2.48. The number of nitrogens with two attached hydrogens (primary N) is 1. The summed E-state index contributed by atoms with van der Waals surface area (Å²) in [6.07, 6.45) is 1.06. The number of benzene rings is 1. The third-order valence-electron chi connectivity index (χ3n) is 3.14. The minimum absolute atomic E-state index is 0.0503. The van der Waals surface area contributed by atoms with Crippen LogP contribution in [-0.2, 0) is 6.54 Å². The lowest BCUT2D eigenvalue weighted by Crippen LogP contribution is -2.31. The Labute approximate surface area is 131 Å². The van der Waals surface area contributed by atoms with Crippen molar-refractivity contribution in [3.05, 3.63) is 68.1 Å². The molecule has 0 bridgehead atoms. The van der Waals surface area contributed by atoms with E-state index in [0.717, 1.165) is 22.4 Å². The molecule has 0 fully saturated rings. The number of nitro groups is 1. The van der Waals surface area contributed by atoms with E-state index in [1.165, 1.54) is 0 Å². The van der Waals surface area contributed by atoms with E-state index in [-0.39, 0.29) is 18.8 Å². The van der Waals surface area contributed by atoms with E-state index in [4.69, 9.17) is 10.5 Å². The van der Waals surface area contributed by atoms with Crippen LogP contribution in [0.2, 0.25) is 0 Å². The van der Waals surface area contributed by atoms with Crippen LogP contribution in [0, 0.1) is 17.0 Å². The van der Waals surface area contributed by atoms with Crippen LogP contribution in [0.25, 0.3) is 0 Å². The Morgan fingerprint density at radius 3 is 2.74 bits per heavy atom. The number of carbonyl (C=O) groups is 1. The van der Waals surface area contributed by atoms with Crippen molar-refractivity contribution in [2.45, 2.75) is 13.5 Å². The minimum Gasteiger partial charge on any atom is -0.492 e. The quantitative estimate of drug-likeness (QED) is 0.635. The fraction of sp³-hybridized carbons (Fsp3) is 0.200. The maximum Gasteiger partial charge on any atom is 0.286 e. The van der Waals surface area contributed by atoms with Crippen molar-refractivity contribution in [2.75, 3.05) is 6.61 Å². The maximum absolute atomic E-state index is 12.1. The molecule has 1 heterocycles. The molecule has 0 aliphatic carbocycles. The number of ether oxygens (including phenoxy) is 1. The molecule has 0 radical (unpaired) electrons. The van der Waals surface area contributed by atoms with Gasteiger partial charge in [0.1, 0.15) is 17.9 Å². The van der Waals surface area contributed by atoms with Gasteiger partial charge in [-0.3, -0.25) is 19.7 Å². The van der Waals surface area contributed by atoms with Crippen molar-refractivity contribution in [1.29, 1.82) is 0 Å². The molecule has 2 aromatic rings. The van der Waals surface area contributed by atoms with Crippen LogP contribution in [0.3, 0.4) is 0 Å². The molecule has 0 saturated carbocycles. The van der Waals surface area contributed by atoms with Crippen molar-refractivity contribution in [1.82, 2.24) is 4.57 Å². The van der Waals surface area contributed by atoms with Gasteiger partial charge in [0.05, 0.1) is 17.7 Å². The molecule has 0 aliphatic rings. The number of aromatic nitrogens is 1. The molecule has 0 spiro atoms. The van der Waals surface area contributed by atoms with E-state index in [1.54, 1.807) is 6.07 Å². The van der Waals surface area contributed by atoms with E-state index in [1.807, 2.05) is 25.1 Å². The van der Waals surface area contributed by atoms with Gasteiger partial charge in [0.2, 0.25) is 0 Å². The van der Waals surface area contributed by atoms with Gasteiger partial charge in [-0.25, -0.2) is 0 Å². The number of nitrogens with zero attached hydrogens (tertiary/aromatic N) is 2. The number of primary amides is 1. The number of hydrogen-bond donors (Lipinski definition) is 1. The molecule has 0 aliphatic heterocycles. The van der Waals surface area contributed by atoms with E-state index in [2.05, 4.69) is 0 Å². The molecular formula is C15H15N3O5. The van der Waals surface area contributed by atoms with Crippen LogP contribution >= 0.6 is 0 Å². The molecular weight excluding hydrogens is 302 g/mol. The summed E-state index contributed by atoms with van der Waals surface area (Å²) < 4.78 is 6.55. The van der Waals surface area contributed by atoms with Crippen molar-refractivity contribution >= 4 is 11.6 Å². The highest BCUT2D eigenvalue weighted by Crippen LogP contribution is 2.13. The Kier molecular flexibility index (Phi) is 4.75. The zero-order chi connectivity index (χ0) is 17.0. The first-order chi connectivity index (χ1) is 10.9. The highest BCUT2D eigenvalue weighted by Gasteiger charge is 2.17. The Hall–Kier alpha value is -3.16. The summed E-state index contributed by atoms with van der Waals surface area (Å²) in [5, 5.41) is 10.9. The van der Waals surface area contributed by atoms with Crippen molar-refractivity contribution in [3.8, 4) is 5.75 Å². The molecule has 2 rings (SSSR count). The number of amides is 1. The van der Waals surface area contributed by atoms with Gasteiger partial charge in [-0.2, -0.15) is 0 Å². The SMILES string of the molecule is Cc1cccc(OCCn2cc([N+](=O)[O-])cc(C(N)=O)c2=O)c1. The topological polar surface area (TPSA) is 117 Å². The number of hydrogen-bond acceptors (Lipinski definition) is 5. The molecule has 8 nitrogen and oxygen atoms in total. The van der Waals surface area contributed by atoms with E-state index < -0.39 is 22.0 Å². The van der Waals surface area contributed by atoms with Gasteiger partial charge in [0.15, 0.2) is 0 Å². The lowest BCUT2D eigenvalue weighted by molar-refractivity contribution is -0.385. The summed E-state index contributed by atoms with van der Waals surface area (Å²) in [7, 11) is 0. The molecule has 1 aromatic carbocycles. The Morgan fingerprint density at radius 2 is 2.13 bits per heavy atom. The van der Waals surface area contributed by atoms with Crippen molar-refractivity contribution < 1.29 is 14.5 Å². The van der Waals surface area contributed by atoms with Gasteiger partial charge in [-0.15, -0.1) is 0 Å². The largest absolute Gasteiger partial charge is 0.492 e. The fourth-order valence-corrected chi connectivity index (χ4v) is 2.03. The van der Waals surface area contributed by atoms with Crippen LogP contribution in [0.15, 0.2) is 41.3 Å². The molecule has 2 N–H and O–H groups in total. The summed E-state index contributed by atoms with van der Waals surface area (Å²) >= 11 is 0. The summed E-state index contributed by atoms with van der Waals surface area (Å²) in [6.45, 7) is 2.08. The summed E-state index contributed by atoms with van der Waals surface area (Å²) in [4.78, 5) is 33.5. The Bertz CT molecular complexity index is 813. The molecule has 8 heteroatoms. The Balaban J connectivity index is 2.20. The molecule has 1 amide bonds. The second-order valence-electron chi connectivity index (χ2n) is 4.90. The normalized spacial score (nSPS) is 10.3. The monoisotopic (exact) mass is 317 g/mol. The highest BCUT2D eigenvalue weighted by atomic mass is 16.6. The zero-order valence-corrected chi connectivity index (χ0v) is 12.4. The van der Waals surface area contributed by atoms with Gasteiger partial charge in [-0.1, -0.05) is 12.1 Å². The molecule has 0 unspecified atom stereocenters. The lowest BCUT2D eigenvalue weighted by atomic mass is 10.2. The van der Waals surface area contributed by atoms with Crippen LogP contribution in [-0.4, -0.2) is 22.0 Å². The highest BCUT2D eigenvalue weighted by molar-refractivity contribution is 5.92. The van der Waals surface area contributed by atoms with Crippen LogP contribution in [0.5, 0.6) is 5.75 Å². The van der Waals surface area contributed by atoms with Gasteiger partial charge in [-0.05, 0) is 24.6 Å². The third-order valence-corrected chi connectivity index (χ3v) is 3.14. The van der Waals surface area contributed by atoms with Gasteiger partial charge >= 0.3 is 0 Å². The number of rotatable bonds is 6. The van der Waals surface area contributed by atoms with Gasteiger partial charge in [0, 0.05) is 6.07 Å². The lowest BCUT2D eigenvalue weighted by Gasteiger charge is -2.09. The first-order valence-corrected chi connectivity index (χ1v) is 6.76. The molecule has 23 heavy (non-hydrogen) atoms. The molecule has 1 aromatic heterocycles. The number of carbonyl (C=O) groups excluding carboxylic acids is 1. The van der Waals surface area contributed by atoms with Crippen LogP contribution < -0.4 is 16.0 Å². The van der Waals surface area contributed by atoms with E-state index in [9.17, 15) is 19.7 Å². The third kappa shape index (κ3) is 3.94. The molecule has 0 atom stereocenters. The summed E-state index contributed by atoms with van der Waals surface area (Å²) in [6, 6.07) is 8.21. The second-order valence-corrected chi connectivity index (χ2v) is 4.90. The number of aryl methyl sites for hydroxylation is 1. The first kappa shape index (κ1) is 16.2. The zero-order valence-electron chi connectivity index (χ0n) is 12.4. The fourth-order valence-electron chi connectivity index (χ4n) is 2.03. The second kappa shape index (κ2) is 6.73.